The van der Waals surface area contributed by atoms with Crippen LogP contribution in [-0.4, -0.2) is 31.6 Å². The van der Waals surface area contributed by atoms with Crippen LogP contribution in [0.1, 0.15) is 29.3 Å². The number of carbonyl (C=O) groups excluding carboxylic acids is 2. The number of halogens is 1. The molecule has 146 valence electrons. The lowest BCUT2D eigenvalue weighted by Gasteiger charge is -2.20. The molecule has 1 aliphatic rings. The lowest BCUT2D eigenvalue weighted by Crippen LogP contribution is -2.27. The summed E-state index contributed by atoms with van der Waals surface area (Å²) < 4.78 is 10.9. The number of carbonyl (C=O) groups is 2. The van der Waals surface area contributed by atoms with Gasteiger partial charge in [0.05, 0.1) is 5.69 Å². The van der Waals surface area contributed by atoms with Gasteiger partial charge < -0.3 is 20.1 Å². The zero-order valence-electron chi connectivity index (χ0n) is 15.5. The van der Waals surface area contributed by atoms with E-state index in [0.717, 1.165) is 6.42 Å². The van der Waals surface area contributed by atoms with E-state index in [4.69, 9.17) is 21.1 Å². The monoisotopic (exact) mass is 400 g/mol. The zero-order valence-corrected chi connectivity index (χ0v) is 16.2. The summed E-state index contributed by atoms with van der Waals surface area (Å²) >= 11 is 6.13. The molecule has 3 rings (SSSR count). The lowest BCUT2D eigenvalue weighted by atomic mass is 10.1. The van der Waals surface area contributed by atoms with Gasteiger partial charge in [-0.15, -0.1) is 0 Å². The van der Waals surface area contributed by atoms with E-state index in [1.807, 2.05) is 19.1 Å². The molecule has 1 aliphatic heterocycles. The van der Waals surface area contributed by atoms with E-state index in [9.17, 15) is 9.59 Å². The number of rotatable bonds is 7. The first-order valence-corrected chi connectivity index (χ1v) is 9.41. The van der Waals surface area contributed by atoms with Crippen LogP contribution in [0.3, 0.4) is 0 Å². The normalized spacial score (nSPS) is 14.2. The highest BCUT2D eigenvalue weighted by Gasteiger charge is 2.23. The van der Waals surface area contributed by atoms with Gasteiger partial charge in [0, 0.05) is 30.3 Å². The molecule has 6 nitrogen and oxygen atoms in total. The summed E-state index contributed by atoms with van der Waals surface area (Å²) in [7, 11) is 0. The Labute approximate surface area is 168 Å². The van der Waals surface area contributed by atoms with E-state index in [1.54, 1.807) is 36.4 Å². The van der Waals surface area contributed by atoms with Crippen LogP contribution in [0, 0.1) is 0 Å². The molecule has 0 aliphatic carbocycles. The van der Waals surface area contributed by atoms with Gasteiger partial charge in [-0.3, -0.25) is 9.59 Å². The quantitative estimate of drug-likeness (QED) is 0.546. The summed E-state index contributed by atoms with van der Waals surface area (Å²) in [5, 5.41) is 6.10. The highest BCUT2D eigenvalue weighted by molar-refractivity contribution is 6.32. The third-order valence-corrected chi connectivity index (χ3v) is 4.42. The number of ether oxygens (including phenoxy) is 2. The van der Waals surface area contributed by atoms with Crippen molar-refractivity contribution in [3.63, 3.8) is 0 Å². The van der Waals surface area contributed by atoms with E-state index >= 15 is 0 Å². The average Bonchev–Trinajstić information content (AvgIpc) is 2.69. The number of hydrogen-bond acceptors (Lipinski definition) is 4. The fourth-order valence-electron chi connectivity index (χ4n) is 2.66. The van der Waals surface area contributed by atoms with E-state index in [0.29, 0.717) is 47.3 Å². The number of benzene rings is 2. The molecular weight excluding hydrogens is 380 g/mol. The molecule has 2 aromatic carbocycles. The standard InChI is InChI=1S/C21H21ClN2O4/c1-2-27-11-5-10-23-20(25)15-8-9-18-17(12-15)24-21(26)19(28-18)13-14-6-3-4-7-16(14)22/h3-4,6-9,12-13H,2,5,10-11H2,1H3,(H,23,25)(H,24,26)/b19-13-. The predicted octanol–water partition coefficient (Wildman–Crippen LogP) is 3.87. The fourth-order valence-corrected chi connectivity index (χ4v) is 2.85. The number of amides is 2. The molecule has 0 unspecified atom stereocenters. The van der Waals surface area contributed by atoms with Crippen molar-refractivity contribution >= 4 is 35.2 Å². The molecule has 0 atom stereocenters. The van der Waals surface area contributed by atoms with E-state index in [2.05, 4.69) is 10.6 Å². The smallest absolute Gasteiger partial charge is 0.291 e. The zero-order chi connectivity index (χ0) is 19.9. The Balaban J connectivity index is 1.69. The molecule has 0 aromatic heterocycles. The molecule has 28 heavy (non-hydrogen) atoms. The van der Waals surface area contributed by atoms with Gasteiger partial charge in [-0.25, -0.2) is 0 Å². The molecular formula is C21H21ClN2O4. The molecule has 0 saturated carbocycles. The SMILES string of the molecule is CCOCCCNC(=O)c1ccc2c(c1)NC(=O)/C(=C/c1ccccc1Cl)O2. The minimum atomic E-state index is -0.401. The Morgan fingerprint density at radius 1 is 1.29 bits per heavy atom. The minimum Gasteiger partial charge on any atom is -0.449 e. The number of fused-ring (bicyclic) bond motifs is 1. The summed E-state index contributed by atoms with van der Waals surface area (Å²) in [6, 6.07) is 12.1. The van der Waals surface area contributed by atoms with Gasteiger partial charge in [-0.1, -0.05) is 29.8 Å². The van der Waals surface area contributed by atoms with Gasteiger partial charge in [-0.05, 0) is 49.2 Å². The first-order chi connectivity index (χ1) is 13.6. The van der Waals surface area contributed by atoms with Crippen LogP contribution in [0.15, 0.2) is 48.2 Å². The van der Waals surface area contributed by atoms with Gasteiger partial charge in [0.1, 0.15) is 0 Å². The topological polar surface area (TPSA) is 76.7 Å². The summed E-state index contributed by atoms with van der Waals surface area (Å²) in [4.78, 5) is 24.6. The molecule has 2 N–H and O–H groups in total. The third-order valence-electron chi connectivity index (χ3n) is 4.08. The van der Waals surface area contributed by atoms with Crippen LogP contribution in [0.25, 0.3) is 6.08 Å². The van der Waals surface area contributed by atoms with Crippen LogP contribution >= 0.6 is 11.6 Å². The molecule has 2 aromatic rings. The number of nitrogens with one attached hydrogen (secondary N) is 2. The van der Waals surface area contributed by atoms with Gasteiger partial charge in [-0.2, -0.15) is 0 Å². The minimum absolute atomic E-state index is 0.133. The predicted molar refractivity (Wildman–Crippen MR) is 109 cm³/mol. The van der Waals surface area contributed by atoms with Crippen molar-refractivity contribution in [2.45, 2.75) is 13.3 Å². The van der Waals surface area contributed by atoms with E-state index in [-0.39, 0.29) is 11.7 Å². The number of anilines is 1. The largest absolute Gasteiger partial charge is 0.449 e. The Hall–Kier alpha value is -2.83. The highest BCUT2D eigenvalue weighted by Crippen LogP contribution is 2.33. The van der Waals surface area contributed by atoms with Crippen LogP contribution in [-0.2, 0) is 9.53 Å². The highest BCUT2D eigenvalue weighted by atomic mass is 35.5. The van der Waals surface area contributed by atoms with Gasteiger partial charge >= 0.3 is 0 Å². The van der Waals surface area contributed by atoms with Crippen LogP contribution in [0.4, 0.5) is 5.69 Å². The molecule has 7 heteroatoms. The second-order valence-corrected chi connectivity index (χ2v) is 6.51. The van der Waals surface area contributed by atoms with Crippen molar-refractivity contribution in [2.24, 2.45) is 0 Å². The van der Waals surface area contributed by atoms with Crippen molar-refractivity contribution in [2.75, 3.05) is 25.1 Å². The second kappa shape index (κ2) is 9.39. The summed E-state index contributed by atoms with van der Waals surface area (Å²) in [6.45, 7) is 3.71. The molecule has 0 radical (unpaired) electrons. The van der Waals surface area contributed by atoms with Gasteiger partial charge in [0.15, 0.2) is 11.5 Å². The Bertz CT molecular complexity index is 911. The molecule has 0 spiro atoms. The van der Waals surface area contributed by atoms with Crippen LogP contribution < -0.4 is 15.4 Å². The molecule has 1 heterocycles. The van der Waals surface area contributed by atoms with Crippen molar-refractivity contribution in [3.05, 3.63) is 64.4 Å². The third kappa shape index (κ3) is 4.91. The molecule has 2 amide bonds. The summed E-state index contributed by atoms with van der Waals surface area (Å²) in [5.74, 6) is -0.0211. The Morgan fingerprint density at radius 2 is 2.11 bits per heavy atom. The summed E-state index contributed by atoms with van der Waals surface area (Å²) in [5.41, 5.74) is 1.57. The van der Waals surface area contributed by atoms with E-state index in [1.165, 1.54) is 0 Å². The first-order valence-electron chi connectivity index (χ1n) is 9.04. The van der Waals surface area contributed by atoms with Crippen LogP contribution in [0.5, 0.6) is 5.75 Å². The molecule has 0 fully saturated rings. The Kier molecular flexibility index (Phi) is 6.68. The maximum atomic E-state index is 12.4. The van der Waals surface area contributed by atoms with Crippen molar-refractivity contribution < 1.29 is 19.1 Å². The maximum Gasteiger partial charge on any atom is 0.291 e. The van der Waals surface area contributed by atoms with Crippen LogP contribution in [0.2, 0.25) is 5.02 Å². The van der Waals surface area contributed by atoms with Gasteiger partial charge in [0.2, 0.25) is 0 Å². The first kappa shape index (κ1) is 19.9. The Morgan fingerprint density at radius 3 is 2.89 bits per heavy atom. The molecule has 0 bridgehead atoms. The number of hydrogen-bond donors (Lipinski definition) is 2. The van der Waals surface area contributed by atoms with E-state index < -0.39 is 5.91 Å². The fraction of sp³-hybridized carbons (Fsp3) is 0.238. The molecule has 0 saturated heterocycles. The summed E-state index contributed by atoms with van der Waals surface area (Å²) in [6.07, 6.45) is 2.32. The second-order valence-electron chi connectivity index (χ2n) is 6.10. The van der Waals surface area contributed by atoms with Crippen molar-refractivity contribution in [1.82, 2.24) is 5.32 Å². The maximum absolute atomic E-state index is 12.4. The van der Waals surface area contributed by atoms with Crippen molar-refractivity contribution in [3.8, 4) is 5.75 Å². The lowest BCUT2D eigenvalue weighted by molar-refractivity contribution is -0.115. The average molecular weight is 401 g/mol. The van der Waals surface area contributed by atoms with Gasteiger partial charge in [0.25, 0.3) is 11.8 Å². The van der Waals surface area contributed by atoms with Crippen molar-refractivity contribution in [1.29, 1.82) is 0 Å².